The van der Waals surface area contributed by atoms with Crippen LogP contribution in [0.5, 0.6) is 5.88 Å². The van der Waals surface area contributed by atoms with E-state index in [0.29, 0.717) is 5.88 Å². The van der Waals surface area contributed by atoms with Crippen LogP contribution < -0.4 is 10.1 Å². The average Bonchev–Trinajstić information content (AvgIpc) is 2.35. The number of ether oxygens (including phenoxy) is 2. The Bertz CT molecular complexity index is 390. The van der Waals surface area contributed by atoms with E-state index in [-0.39, 0.29) is 18.3 Å². The lowest BCUT2D eigenvalue weighted by Gasteiger charge is -2.31. The van der Waals surface area contributed by atoms with E-state index in [2.05, 4.69) is 36.1 Å². The van der Waals surface area contributed by atoms with Crippen LogP contribution in [0.15, 0.2) is 12.4 Å². The minimum Gasteiger partial charge on any atom is -0.474 e. The van der Waals surface area contributed by atoms with Gasteiger partial charge in [-0.3, -0.25) is 0 Å². The van der Waals surface area contributed by atoms with Crippen LogP contribution in [-0.2, 0) is 4.74 Å². The molecule has 0 aromatic carbocycles. The van der Waals surface area contributed by atoms with Crippen molar-refractivity contribution in [3.05, 3.63) is 12.4 Å². The predicted molar refractivity (Wildman–Crippen MR) is 74.5 cm³/mol. The zero-order valence-corrected chi connectivity index (χ0v) is 11.9. The second kappa shape index (κ2) is 6.70. The first kappa shape index (κ1) is 14.1. The summed E-state index contributed by atoms with van der Waals surface area (Å²) in [6.45, 7) is 7.19. The molecule has 1 N–H and O–H groups in total. The predicted octanol–water partition coefficient (Wildman–Crippen LogP) is 2.63. The lowest BCUT2D eigenvalue weighted by Crippen LogP contribution is -2.35. The molecule has 0 radical (unpaired) electrons. The van der Waals surface area contributed by atoms with Crippen LogP contribution >= 0.6 is 0 Å². The van der Waals surface area contributed by atoms with Crippen molar-refractivity contribution < 1.29 is 9.47 Å². The van der Waals surface area contributed by atoms with Gasteiger partial charge in [-0.15, -0.1) is 0 Å². The number of rotatable bonds is 5. The molecule has 1 aromatic rings. The highest BCUT2D eigenvalue weighted by Crippen LogP contribution is 2.23. The van der Waals surface area contributed by atoms with Crippen molar-refractivity contribution in [3.8, 4) is 5.88 Å². The third-order valence-electron chi connectivity index (χ3n) is 3.14. The van der Waals surface area contributed by atoms with E-state index in [9.17, 15) is 0 Å². The Kier molecular flexibility index (Phi) is 4.96. The van der Waals surface area contributed by atoms with Crippen LogP contribution in [-0.4, -0.2) is 34.8 Å². The van der Waals surface area contributed by atoms with Gasteiger partial charge in [-0.25, -0.2) is 9.97 Å². The summed E-state index contributed by atoms with van der Waals surface area (Å²) in [5, 5.41) is 3.23. The summed E-state index contributed by atoms with van der Waals surface area (Å²) < 4.78 is 11.7. The summed E-state index contributed by atoms with van der Waals surface area (Å²) in [5.74, 6) is 1.46. The molecule has 0 spiro atoms. The lowest BCUT2D eigenvalue weighted by molar-refractivity contribution is -0.0729. The Balaban J connectivity index is 1.94. The van der Waals surface area contributed by atoms with E-state index in [1.54, 1.807) is 6.33 Å². The highest BCUT2D eigenvalue weighted by molar-refractivity contribution is 5.36. The van der Waals surface area contributed by atoms with Crippen LogP contribution in [0.2, 0.25) is 0 Å². The Labute approximate surface area is 114 Å². The van der Waals surface area contributed by atoms with Crippen molar-refractivity contribution in [2.45, 2.75) is 58.3 Å². The molecule has 5 nitrogen and oxygen atoms in total. The lowest BCUT2D eigenvalue weighted by atomic mass is 10.0. The van der Waals surface area contributed by atoms with Gasteiger partial charge in [-0.2, -0.15) is 0 Å². The molecule has 1 saturated heterocycles. The molecule has 0 amide bonds. The molecule has 2 heterocycles. The van der Waals surface area contributed by atoms with Gasteiger partial charge in [0.1, 0.15) is 18.2 Å². The Morgan fingerprint density at radius 1 is 1.32 bits per heavy atom. The molecular formula is C14H23N3O2. The Hall–Kier alpha value is -1.36. The van der Waals surface area contributed by atoms with Gasteiger partial charge in [0.25, 0.3) is 0 Å². The molecule has 1 fully saturated rings. The second-order valence-electron chi connectivity index (χ2n) is 5.14. The van der Waals surface area contributed by atoms with Crippen molar-refractivity contribution in [2.75, 3.05) is 11.9 Å². The molecule has 0 aliphatic carbocycles. The minimum atomic E-state index is 0.174. The fourth-order valence-corrected chi connectivity index (χ4v) is 2.36. The van der Waals surface area contributed by atoms with Gasteiger partial charge in [0.05, 0.1) is 12.2 Å². The van der Waals surface area contributed by atoms with Crippen molar-refractivity contribution >= 4 is 5.82 Å². The van der Waals surface area contributed by atoms with Crippen LogP contribution in [0.4, 0.5) is 5.82 Å². The number of nitrogens with one attached hydrogen (secondary N) is 1. The van der Waals surface area contributed by atoms with Crippen molar-refractivity contribution in [3.63, 3.8) is 0 Å². The molecule has 1 aromatic heterocycles. The molecule has 0 saturated carbocycles. The fourth-order valence-electron chi connectivity index (χ4n) is 2.36. The largest absolute Gasteiger partial charge is 0.474 e. The summed E-state index contributed by atoms with van der Waals surface area (Å²) in [7, 11) is 0. The first-order valence-corrected chi connectivity index (χ1v) is 7.05. The van der Waals surface area contributed by atoms with Gasteiger partial charge in [-0.1, -0.05) is 6.92 Å². The van der Waals surface area contributed by atoms with Crippen molar-refractivity contribution in [2.24, 2.45) is 0 Å². The number of hydrogen-bond acceptors (Lipinski definition) is 5. The molecule has 19 heavy (non-hydrogen) atoms. The third-order valence-corrected chi connectivity index (χ3v) is 3.14. The van der Waals surface area contributed by atoms with Crippen LogP contribution in [0, 0.1) is 0 Å². The van der Waals surface area contributed by atoms with E-state index in [0.717, 1.165) is 31.6 Å². The number of aromatic nitrogens is 2. The first-order valence-electron chi connectivity index (χ1n) is 7.05. The molecule has 1 aliphatic rings. The SMILES string of the molecule is CCCNc1cc(OC2CC(C)OC(C)C2)ncn1. The van der Waals surface area contributed by atoms with Gasteiger partial charge in [0, 0.05) is 25.5 Å². The van der Waals surface area contributed by atoms with E-state index in [4.69, 9.17) is 9.47 Å². The molecule has 1 aliphatic heterocycles. The Morgan fingerprint density at radius 3 is 2.74 bits per heavy atom. The smallest absolute Gasteiger partial charge is 0.218 e. The third kappa shape index (κ3) is 4.35. The highest BCUT2D eigenvalue weighted by Gasteiger charge is 2.26. The maximum absolute atomic E-state index is 5.95. The maximum Gasteiger partial charge on any atom is 0.218 e. The fraction of sp³-hybridized carbons (Fsp3) is 0.714. The zero-order valence-electron chi connectivity index (χ0n) is 11.9. The summed E-state index contributed by atoms with van der Waals surface area (Å²) in [4.78, 5) is 8.35. The van der Waals surface area contributed by atoms with Crippen molar-refractivity contribution in [1.29, 1.82) is 0 Å². The van der Waals surface area contributed by atoms with E-state index >= 15 is 0 Å². The summed E-state index contributed by atoms with van der Waals surface area (Å²) >= 11 is 0. The zero-order chi connectivity index (χ0) is 13.7. The molecule has 2 rings (SSSR count). The van der Waals surface area contributed by atoms with Gasteiger partial charge in [-0.05, 0) is 20.3 Å². The van der Waals surface area contributed by atoms with Crippen LogP contribution in [0.1, 0.15) is 40.0 Å². The maximum atomic E-state index is 5.95. The standard InChI is InChI=1S/C14H23N3O2/c1-4-5-15-13-8-14(17-9-16-13)19-12-6-10(2)18-11(3)7-12/h8-12H,4-7H2,1-3H3,(H,15,16,17). The van der Waals surface area contributed by atoms with Crippen molar-refractivity contribution in [1.82, 2.24) is 9.97 Å². The van der Waals surface area contributed by atoms with E-state index < -0.39 is 0 Å². The van der Waals surface area contributed by atoms with E-state index in [1.165, 1.54) is 0 Å². The topological polar surface area (TPSA) is 56.3 Å². The molecule has 5 heteroatoms. The van der Waals surface area contributed by atoms with Gasteiger partial charge >= 0.3 is 0 Å². The molecule has 106 valence electrons. The summed E-state index contributed by atoms with van der Waals surface area (Å²) in [5.41, 5.74) is 0. The Morgan fingerprint density at radius 2 is 2.05 bits per heavy atom. The molecule has 0 bridgehead atoms. The quantitative estimate of drug-likeness (QED) is 0.887. The average molecular weight is 265 g/mol. The number of nitrogens with zero attached hydrogens (tertiary/aromatic N) is 2. The minimum absolute atomic E-state index is 0.174. The van der Waals surface area contributed by atoms with Gasteiger partial charge in [0.15, 0.2) is 0 Å². The van der Waals surface area contributed by atoms with Crippen LogP contribution in [0.3, 0.4) is 0 Å². The summed E-state index contributed by atoms with van der Waals surface area (Å²) in [6.07, 6.45) is 5.08. The first-order chi connectivity index (χ1) is 9.17. The number of anilines is 1. The summed E-state index contributed by atoms with van der Waals surface area (Å²) in [6, 6.07) is 1.86. The van der Waals surface area contributed by atoms with Crippen LogP contribution in [0.25, 0.3) is 0 Å². The molecule has 2 atom stereocenters. The number of hydrogen-bond donors (Lipinski definition) is 1. The molecule has 2 unspecified atom stereocenters. The monoisotopic (exact) mass is 265 g/mol. The molecular weight excluding hydrogens is 242 g/mol. The van der Waals surface area contributed by atoms with Gasteiger partial charge < -0.3 is 14.8 Å². The second-order valence-corrected chi connectivity index (χ2v) is 5.14. The normalized spacial score (nSPS) is 27.0. The van der Waals surface area contributed by atoms with E-state index in [1.807, 2.05) is 6.07 Å². The highest BCUT2D eigenvalue weighted by atomic mass is 16.5. The van der Waals surface area contributed by atoms with Gasteiger partial charge in [0.2, 0.25) is 5.88 Å².